The van der Waals surface area contributed by atoms with Crippen LogP contribution in [0.3, 0.4) is 0 Å². The van der Waals surface area contributed by atoms with Crippen molar-refractivity contribution in [2.75, 3.05) is 20.3 Å². The third-order valence-corrected chi connectivity index (χ3v) is 2.73. The standard InChI is InChI=1S/C12H17NO3/c1-15-8-6-13(12(14)10-4-5-10)9-11-3-2-7-16-11/h2-3,7,10H,4-6,8-9H2,1H3. The van der Waals surface area contributed by atoms with E-state index in [-0.39, 0.29) is 11.8 Å². The van der Waals surface area contributed by atoms with Crippen LogP contribution in [0.15, 0.2) is 22.8 Å². The number of carbonyl (C=O) groups is 1. The summed E-state index contributed by atoms with van der Waals surface area (Å²) in [7, 11) is 1.65. The fourth-order valence-corrected chi connectivity index (χ4v) is 1.65. The van der Waals surface area contributed by atoms with Gasteiger partial charge in [0.1, 0.15) is 5.76 Å². The molecule has 4 heteroatoms. The molecule has 1 fully saturated rings. The van der Waals surface area contributed by atoms with Gasteiger partial charge in [0.15, 0.2) is 0 Å². The molecule has 0 atom stereocenters. The van der Waals surface area contributed by atoms with Gasteiger partial charge in [0, 0.05) is 19.6 Å². The van der Waals surface area contributed by atoms with Gasteiger partial charge in [0.05, 0.1) is 19.4 Å². The number of carbonyl (C=O) groups excluding carboxylic acids is 1. The molecule has 88 valence electrons. The zero-order valence-electron chi connectivity index (χ0n) is 9.52. The topological polar surface area (TPSA) is 42.7 Å². The highest BCUT2D eigenvalue weighted by Gasteiger charge is 2.33. The summed E-state index contributed by atoms with van der Waals surface area (Å²) in [5.41, 5.74) is 0. The monoisotopic (exact) mass is 223 g/mol. The number of ether oxygens (including phenoxy) is 1. The van der Waals surface area contributed by atoms with Crippen molar-refractivity contribution < 1.29 is 13.9 Å². The van der Waals surface area contributed by atoms with E-state index in [0.29, 0.717) is 19.7 Å². The first-order valence-corrected chi connectivity index (χ1v) is 5.61. The lowest BCUT2D eigenvalue weighted by molar-refractivity contribution is -0.134. The largest absolute Gasteiger partial charge is 0.467 e. The molecule has 0 unspecified atom stereocenters. The van der Waals surface area contributed by atoms with E-state index in [9.17, 15) is 4.79 Å². The number of hydrogen-bond donors (Lipinski definition) is 0. The van der Waals surface area contributed by atoms with Crippen LogP contribution in [-0.4, -0.2) is 31.1 Å². The number of nitrogens with zero attached hydrogens (tertiary/aromatic N) is 1. The van der Waals surface area contributed by atoms with E-state index in [1.807, 2.05) is 17.0 Å². The van der Waals surface area contributed by atoms with Gasteiger partial charge < -0.3 is 14.1 Å². The molecule has 0 aliphatic heterocycles. The maximum absolute atomic E-state index is 12.0. The van der Waals surface area contributed by atoms with E-state index in [0.717, 1.165) is 18.6 Å². The summed E-state index contributed by atoms with van der Waals surface area (Å²) in [4.78, 5) is 13.8. The van der Waals surface area contributed by atoms with E-state index in [1.54, 1.807) is 13.4 Å². The van der Waals surface area contributed by atoms with Crippen LogP contribution >= 0.6 is 0 Å². The average molecular weight is 223 g/mol. The summed E-state index contributed by atoms with van der Waals surface area (Å²) in [6.07, 6.45) is 3.69. The normalized spacial score (nSPS) is 15.1. The van der Waals surface area contributed by atoms with Gasteiger partial charge in [-0.05, 0) is 25.0 Å². The summed E-state index contributed by atoms with van der Waals surface area (Å²) in [6.45, 7) is 1.75. The third-order valence-electron chi connectivity index (χ3n) is 2.73. The molecule has 1 saturated carbocycles. The van der Waals surface area contributed by atoms with Gasteiger partial charge in [-0.1, -0.05) is 0 Å². The van der Waals surface area contributed by atoms with Crippen LogP contribution in [0.1, 0.15) is 18.6 Å². The van der Waals surface area contributed by atoms with Gasteiger partial charge in [-0.25, -0.2) is 0 Å². The highest BCUT2D eigenvalue weighted by Crippen LogP contribution is 2.31. The number of methoxy groups -OCH3 is 1. The fourth-order valence-electron chi connectivity index (χ4n) is 1.65. The first kappa shape index (κ1) is 11.2. The van der Waals surface area contributed by atoms with Crippen molar-refractivity contribution in [3.63, 3.8) is 0 Å². The Bertz CT molecular complexity index is 330. The van der Waals surface area contributed by atoms with E-state index in [2.05, 4.69) is 0 Å². The summed E-state index contributed by atoms with van der Waals surface area (Å²) >= 11 is 0. The second-order valence-electron chi connectivity index (χ2n) is 4.11. The van der Waals surface area contributed by atoms with Crippen LogP contribution < -0.4 is 0 Å². The van der Waals surface area contributed by atoms with Crippen molar-refractivity contribution in [1.82, 2.24) is 4.90 Å². The molecule has 0 bridgehead atoms. The van der Waals surface area contributed by atoms with Gasteiger partial charge in [0.2, 0.25) is 5.91 Å². The van der Waals surface area contributed by atoms with Crippen LogP contribution in [0.2, 0.25) is 0 Å². The van der Waals surface area contributed by atoms with E-state index in [1.165, 1.54) is 0 Å². The number of hydrogen-bond acceptors (Lipinski definition) is 3. The SMILES string of the molecule is COCCN(Cc1ccco1)C(=O)C1CC1. The minimum atomic E-state index is 0.230. The minimum Gasteiger partial charge on any atom is -0.467 e. The summed E-state index contributed by atoms with van der Waals surface area (Å²) in [5, 5.41) is 0. The Morgan fingerprint density at radius 2 is 2.44 bits per heavy atom. The predicted octanol–water partition coefficient (Wildman–Crippen LogP) is 1.66. The first-order chi connectivity index (χ1) is 7.81. The Kier molecular flexibility index (Phi) is 3.62. The van der Waals surface area contributed by atoms with Crippen molar-refractivity contribution in [2.45, 2.75) is 19.4 Å². The molecule has 0 aromatic carbocycles. The molecule has 0 saturated heterocycles. The predicted molar refractivity (Wildman–Crippen MR) is 58.7 cm³/mol. The molecule has 1 aliphatic rings. The lowest BCUT2D eigenvalue weighted by Gasteiger charge is -2.21. The Morgan fingerprint density at radius 3 is 3.00 bits per heavy atom. The van der Waals surface area contributed by atoms with E-state index < -0.39 is 0 Å². The van der Waals surface area contributed by atoms with Gasteiger partial charge in [-0.2, -0.15) is 0 Å². The van der Waals surface area contributed by atoms with Crippen LogP contribution in [-0.2, 0) is 16.1 Å². The molecule has 1 aliphatic carbocycles. The zero-order chi connectivity index (χ0) is 11.4. The minimum absolute atomic E-state index is 0.230. The summed E-state index contributed by atoms with van der Waals surface area (Å²) in [5.74, 6) is 1.30. The molecule has 4 nitrogen and oxygen atoms in total. The molecule has 0 N–H and O–H groups in total. The lowest BCUT2D eigenvalue weighted by atomic mass is 10.3. The molecular weight excluding hydrogens is 206 g/mol. The fraction of sp³-hybridized carbons (Fsp3) is 0.583. The second-order valence-corrected chi connectivity index (χ2v) is 4.11. The summed E-state index contributed by atoms with van der Waals surface area (Å²) in [6, 6.07) is 3.73. The Balaban J connectivity index is 1.93. The average Bonchev–Trinajstić information content (AvgIpc) is 3.02. The van der Waals surface area contributed by atoms with E-state index >= 15 is 0 Å². The Hall–Kier alpha value is -1.29. The molecule has 1 aromatic rings. The highest BCUT2D eigenvalue weighted by molar-refractivity contribution is 5.80. The van der Waals surface area contributed by atoms with Crippen molar-refractivity contribution in [3.05, 3.63) is 24.2 Å². The van der Waals surface area contributed by atoms with Gasteiger partial charge >= 0.3 is 0 Å². The van der Waals surface area contributed by atoms with Crippen LogP contribution in [0.4, 0.5) is 0 Å². The number of amides is 1. The zero-order valence-corrected chi connectivity index (χ0v) is 9.52. The van der Waals surface area contributed by atoms with Crippen molar-refractivity contribution >= 4 is 5.91 Å². The van der Waals surface area contributed by atoms with Crippen molar-refractivity contribution in [1.29, 1.82) is 0 Å². The van der Waals surface area contributed by atoms with E-state index in [4.69, 9.17) is 9.15 Å². The van der Waals surface area contributed by atoms with Crippen LogP contribution in [0, 0.1) is 5.92 Å². The molecule has 0 radical (unpaired) electrons. The van der Waals surface area contributed by atoms with Gasteiger partial charge in [-0.3, -0.25) is 4.79 Å². The maximum atomic E-state index is 12.0. The lowest BCUT2D eigenvalue weighted by Crippen LogP contribution is -2.34. The molecule has 1 heterocycles. The van der Waals surface area contributed by atoms with Crippen LogP contribution in [0.5, 0.6) is 0 Å². The Morgan fingerprint density at radius 1 is 1.62 bits per heavy atom. The summed E-state index contributed by atoms with van der Waals surface area (Å²) < 4.78 is 10.3. The first-order valence-electron chi connectivity index (χ1n) is 5.61. The molecule has 1 amide bonds. The molecule has 0 spiro atoms. The number of rotatable bonds is 6. The third kappa shape index (κ3) is 2.85. The van der Waals surface area contributed by atoms with Crippen molar-refractivity contribution in [2.24, 2.45) is 5.92 Å². The van der Waals surface area contributed by atoms with Crippen molar-refractivity contribution in [3.8, 4) is 0 Å². The smallest absolute Gasteiger partial charge is 0.226 e. The second kappa shape index (κ2) is 5.16. The molecule has 1 aromatic heterocycles. The molecule has 2 rings (SSSR count). The molecule has 16 heavy (non-hydrogen) atoms. The van der Waals surface area contributed by atoms with Gasteiger partial charge in [-0.15, -0.1) is 0 Å². The van der Waals surface area contributed by atoms with Gasteiger partial charge in [0.25, 0.3) is 0 Å². The highest BCUT2D eigenvalue weighted by atomic mass is 16.5. The maximum Gasteiger partial charge on any atom is 0.226 e. The van der Waals surface area contributed by atoms with Crippen LogP contribution in [0.25, 0.3) is 0 Å². The number of furan rings is 1. The Labute approximate surface area is 95.2 Å². The molecular formula is C12H17NO3. The quantitative estimate of drug-likeness (QED) is 0.736.